The fraction of sp³-hybridized carbons (Fsp3) is 0. The van der Waals surface area contributed by atoms with Gasteiger partial charge < -0.3 is 5.11 Å². The van der Waals surface area contributed by atoms with Crippen LogP contribution in [-0.2, 0) is 0 Å². The largest absolute Gasteiger partial charge is 0.507 e. The fourth-order valence-electron chi connectivity index (χ4n) is 2.90. The maximum absolute atomic E-state index is 13.5. The Morgan fingerprint density at radius 3 is 2.28 bits per heavy atom. The van der Waals surface area contributed by atoms with Crippen LogP contribution in [0.2, 0.25) is 0 Å². The van der Waals surface area contributed by atoms with Gasteiger partial charge in [-0.2, -0.15) is 5.10 Å². The van der Waals surface area contributed by atoms with Crippen molar-refractivity contribution in [2.45, 2.75) is 0 Å². The van der Waals surface area contributed by atoms with E-state index in [0.29, 0.717) is 11.3 Å². The van der Waals surface area contributed by atoms with Crippen molar-refractivity contribution in [3.8, 4) is 39.4 Å². The molecule has 25 heavy (non-hydrogen) atoms. The molecule has 1 aromatic heterocycles. The third kappa shape index (κ3) is 2.90. The van der Waals surface area contributed by atoms with Gasteiger partial charge in [-0.15, -0.1) is 0 Å². The second-order valence-corrected chi connectivity index (χ2v) is 5.74. The average molecular weight is 330 g/mol. The zero-order chi connectivity index (χ0) is 17.2. The third-order valence-electron chi connectivity index (χ3n) is 4.11. The second-order valence-electron chi connectivity index (χ2n) is 5.74. The maximum atomic E-state index is 13.5. The number of aromatic hydroxyl groups is 1. The lowest BCUT2D eigenvalue weighted by Crippen LogP contribution is -1.84. The van der Waals surface area contributed by atoms with Crippen LogP contribution in [-0.4, -0.2) is 15.3 Å². The van der Waals surface area contributed by atoms with Crippen molar-refractivity contribution in [2.24, 2.45) is 0 Å². The Morgan fingerprint density at radius 2 is 1.48 bits per heavy atom. The monoisotopic (exact) mass is 330 g/mol. The number of phenols is 1. The Hall–Kier alpha value is -3.40. The molecule has 0 saturated carbocycles. The quantitative estimate of drug-likeness (QED) is 0.538. The van der Waals surface area contributed by atoms with Gasteiger partial charge in [0.05, 0.1) is 11.4 Å². The van der Waals surface area contributed by atoms with Gasteiger partial charge in [0.25, 0.3) is 0 Å². The van der Waals surface area contributed by atoms with Gasteiger partial charge in [0.15, 0.2) is 0 Å². The zero-order valence-corrected chi connectivity index (χ0v) is 13.3. The third-order valence-corrected chi connectivity index (χ3v) is 4.11. The number of halogens is 1. The normalized spacial score (nSPS) is 10.8. The summed E-state index contributed by atoms with van der Waals surface area (Å²) in [5.74, 6) is -0.419. The van der Waals surface area contributed by atoms with E-state index in [9.17, 15) is 9.50 Å². The van der Waals surface area contributed by atoms with Gasteiger partial charge >= 0.3 is 0 Å². The number of H-pyrrole nitrogens is 1. The van der Waals surface area contributed by atoms with E-state index >= 15 is 0 Å². The Labute approximate surface area is 144 Å². The summed E-state index contributed by atoms with van der Waals surface area (Å²) in [6.07, 6.45) is 0. The van der Waals surface area contributed by atoms with Gasteiger partial charge in [0.1, 0.15) is 11.6 Å². The van der Waals surface area contributed by atoms with Crippen LogP contribution in [0.3, 0.4) is 0 Å². The number of phenolic OH excluding ortho intramolecular Hbond substituents is 1. The topological polar surface area (TPSA) is 48.9 Å². The van der Waals surface area contributed by atoms with Crippen LogP contribution in [0.4, 0.5) is 4.39 Å². The smallest absolute Gasteiger partial charge is 0.125 e. The number of hydrogen-bond acceptors (Lipinski definition) is 2. The summed E-state index contributed by atoms with van der Waals surface area (Å²) in [5, 5.41) is 17.2. The zero-order valence-electron chi connectivity index (χ0n) is 13.3. The van der Waals surface area contributed by atoms with E-state index in [1.807, 2.05) is 48.5 Å². The van der Waals surface area contributed by atoms with E-state index in [1.54, 1.807) is 0 Å². The molecule has 0 bridgehead atoms. The van der Waals surface area contributed by atoms with E-state index in [4.69, 9.17) is 0 Å². The Balaban J connectivity index is 1.81. The summed E-state index contributed by atoms with van der Waals surface area (Å²) >= 11 is 0. The summed E-state index contributed by atoms with van der Waals surface area (Å²) in [7, 11) is 0. The van der Waals surface area contributed by atoms with Crippen molar-refractivity contribution in [3.63, 3.8) is 0 Å². The molecule has 122 valence electrons. The number of hydrogen-bond donors (Lipinski definition) is 2. The standard InChI is InChI=1S/C21H15FN2O/c22-15-10-11-21(25)18(12-15)20-13-19(23-24-20)17-9-5-4-8-16(17)14-6-2-1-3-7-14/h1-13,25H,(H,23,24). The molecule has 0 aliphatic carbocycles. The van der Waals surface area contributed by atoms with Crippen LogP contribution in [0, 0.1) is 5.82 Å². The number of nitrogens with zero attached hydrogens (tertiary/aromatic N) is 1. The Morgan fingerprint density at radius 1 is 0.760 bits per heavy atom. The lowest BCUT2D eigenvalue weighted by molar-refractivity contribution is 0.475. The highest BCUT2D eigenvalue weighted by Gasteiger charge is 2.13. The highest BCUT2D eigenvalue weighted by Crippen LogP contribution is 2.34. The fourth-order valence-corrected chi connectivity index (χ4v) is 2.90. The minimum Gasteiger partial charge on any atom is -0.507 e. The molecular weight excluding hydrogens is 315 g/mol. The summed E-state index contributed by atoms with van der Waals surface area (Å²) in [5.41, 5.74) is 4.82. The molecule has 4 aromatic rings. The van der Waals surface area contributed by atoms with Crippen molar-refractivity contribution in [2.75, 3.05) is 0 Å². The molecule has 4 heteroatoms. The maximum Gasteiger partial charge on any atom is 0.125 e. The van der Waals surface area contributed by atoms with Crippen LogP contribution in [0.15, 0.2) is 78.9 Å². The molecule has 2 N–H and O–H groups in total. The van der Waals surface area contributed by atoms with Crippen molar-refractivity contribution >= 4 is 0 Å². The van der Waals surface area contributed by atoms with E-state index in [1.165, 1.54) is 18.2 Å². The Bertz CT molecular complexity index is 1030. The van der Waals surface area contributed by atoms with Crippen LogP contribution >= 0.6 is 0 Å². The first-order chi connectivity index (χ1) is 12.2. The van der Waals surface area contributed by atoms with Gasteiger partial charge in [-0.05, 0) is 35.4 Å². The van der Waals surface area contributed by atoms with Crippen LogP contribution in [0.1, 0.15) is 0 Å². The molecule has 4 rings (SSSR count). The molecule has 3 aromatic carbocycles. The molecule has 3 nitrogen and oxygen atoms in total. The number of aromatic nitrogens is 2. The first kappa shape index (κ1) is 15.1. The molecule has 0 aliphatic heterocycles. The number of aromatic amines is 1. The van der Waals surface area contributed by atoms with Gasteiger partial charge in [0, 0.05) is 11.1 Å². The molecule has 0 spiro atoms. The molecule has 0 atom stereocenters. The minimum absolute atomic E-state index is 0.00389. The minimum atomic E-state index is -0.415. The highest BCUT2D eigenvalue weighted by atomic mass is 19.1. The molecule has 0 radical (unpaired) electrons. The summed E-state index contributed by atoms with van der Waals surface area (Å²) in [6.45, 7) is 0. The first-order valence-electron chi connectivity index (χ1n) is 7.91. The van der Waals surface area contributed by atoms with E-state index in [2.05, 4.69) is 22.3 Å². The van der Waals surface area contributed by atoms with Gasteiger partial charge in [-0.3, -0.25) is 5.10 Å². The van der Waals surface area contributed by atoms with E-state index in [-0.39, 0.29) is 5.75 Å². The second kappa shape index (κ2) is 6.24. The number of rotatable bonds is 3. The van der Waals surface area contributed by atoms with Gasteiger partial charge in [-0.25, -0.2) is 4.39 Å². The van der Waals surface area contributed by atoms with Crippen molar-refractivity contribution < 1.29 is 9.50 Å². The van der Waals surface area contributed by atoms with Crippen molar-refractivity contribution in [3.05, 3.63) is 84.7 Å². The number of nitrogens with one attached hydrogen (secondary N) is 1. The molecule has 0 amide bonds. The first-order valence-corrected chi connectivity index (χ1v) is 7.91. The highest BCUT2D eigenvalue weighted by molar-refractivity contribution is 5.83. The summed E-state index contributed by atoms with van der Waals surface area (Å²) < 4.78 is 13.5. The molecule has 0 saturated heterocycles. The molecule has 0 fully saturated rings. The van der Waals surface area contributed by atoms with Crippen LogP contribution in [0.5, 0.6) is 5.75 Å². The predicted octanol–water partition coefficient (Wildman–Crippen LogP) is 5.26. The summed E-state index contributed by atoms with van der Waals surface area (Å²) in [4.78, 5) is 0. The SMILES string of the molecule is Oc1ccc(F)cc1-c1cc(-c2ccccc2-c2ccccc2)[nH]n1. The lowest BCUT2D eigenvalue weighted by atomic mass is 9.97. The average Bonchev–Trinajstić information content (AvgIpc) is 3.14. The molecule has 0 unspecified atom stereocenters. The van der Waals surface area contributed by atoms with Crippen molar-refractivity contribution in [1.29, 1.82) is 0 Å². The molecule has 1 heterocycles. The number of benzene rings is 3. The van der Waals surface area contributed by atoms with Gasteiger partial charge in [0.2, 0.25) is 0 Å². The lowest BCUT2D eigenvalue weighted by Gasteiger charge is -2.07. The van der Waals surface area contributed by atoms with Crippen LogP contribution < -0.4 is 0 Å². The Kier molecular flexibility index (Phi) is 3.78. The van der Waals surface area contributed by atoms with Gasteiger partial charge in [-0.1, -0.05) is 54.6 Å². The predicted molar refractivity (Wildman–Crippen MR) is 96.5 cm³/mol. The van der Waals surface area contributed by atoms with E-state index in [0.717, 1.165) is 22.4 Å². The molecule has 0 aliphatic rings. The van der Waals surface area contributed by atoms with Crippen molar-refractivity contribution in [1.82, 2.24) is 10.2 Å². The summed E-state index contributed by atoms with van der Waals surface area (Å²) in [6, 6.07) is 23.7. The van der Waals surface area contributed by atoms with Crippen LogP contribution in [0.25, 0.3) is 33.6 Å². The molecular formula is C21H15FN2O. The van der Waals surface area contributed by atoms with E-state index < -0.39 is 5.82 Å².